The monoisotopic (exact) mass is 511 g/mol. The molecule has 1 aliphatic heterocycles. The summed E-state index contributed by atoms with van der Waals surface area (Å²) in [5.74, 6) is 0.818. The lowest BCUT2D eigenvalue weighted by atomic mass is 9.88. The van der Waals surface area contributed by atoms with Gasteiger partial charge in [-0.25, -0.2) is 0 Å². The van der Waals surface area contributed by atoms with Crippen molar-refractivity contribution in [1.29, 1.82) is 0 Å². The number of fused-ring (bicyclic) bond motifs is 1. The third-order valence-corrected chi connectivity index (χ3v) is 7.30. The number of likely N-dealkylation sites (tertiary alicyclic amines) is 1. The maximum Gasteiger partial charge on any atom is 0.320 e. The van der Waals surface area contributed by atoms with Gasteiger partial charge in [0.1, 0.15) is 12.6 Å². The molecule has 0 aliphatic carbocycles. The second kappa shape index (κ2) is 11.6. The number of hydrogen-bond donors (Lipinski definition) is 1. The Kier molecular flexibility index (Phi) is 7.80. The number of ether oxygens (including phenoxy) is 3. The number of piperidine rings is 1. The number of benzene rings is 4. The van der Waals surface area contributed by atoms with Crippen LogP contribution < -0.4 is 14.2 Å². The fourth-order valence-electron chi connectivity index (χ4n) is 5.50. The zero-order valence-electron chi connectivity index (χ0n) is 21.8. The van der Waals surface area contributed by atoms with Crippen LogP contribution in [0.1, 0.15) is 42.0 Å². The van der Waals surface area contributed by atoms with Crippen LogP contribution in [0.4, 0.5) is 0 Å². The molecule has 6 nitrogen and oxygen atoms in total. The maximum absolute atomic E-state index is 12.4. The van der Waals surface area contributed by atoms with Crippen LogP contribution in [0.2, 0.25) is 0 Å². The first-order valence-electron chi connectivity index (χ1n) is 13.0. The second-order valence-electron chi connectivity index (χ2n) is 9.59. The Labute approximate surface area is 223 Å². The standard InChI is InChI=1S/C32H33NO5/c1-36-28-19-24(20-29(37-2)31(28)38-21-22-11-4-3-5-12-22)30(33-18-9-8-17-27(33)32(34)35)26-16-10-14-23-13-6-7-15-25(23)26/h3-7,10-16,19-20,27,30H,8-9,17-18,21H2,1-2H3,(H,34,35). The van der Waals surface area contributed by atoms with Crippen LogP contribution in [0, 0.1) is 0 Å². The molecule has 5 rings (SSSR count). The predicted molar refractivity (Wildman–Crippen MR) is 148 cm³/mol. The summed E-state index contributed by atoms with van der Waals surface area (Å²) in [4.78, 5) is 14.5. The van der Waals surface area contributed by atoms with E-state index in [9.17, 15) is 9.90 Å². The molecule has 0 radical (unpaired) electrons. The van der Waals surface area contributed by atoms with E-state index in [1.54, 1.807) is 14.2 Å². The number of carboxylic acid groups (broad SMARTS) is 1. The molecular formula is C32H33NO5. The Morgan fingerprint density at radius 2 is 1.61 bits per heavy atom. The molecule has 1 heterocycles. The van der Waals surface area contributed by atoms with Gasteiger partial charge in [-0.3, -0.25) is 9.69 Å². The van der Waals surface area contributed by atoms with E-state index < -0.39 is 12.0 Å². The van der Waals surface area contributed by atoms with Crippen LogP contribution in [0.25, 0.3) is 10.8 Å². The van der Waals surface area contributed by atoms with Crippen LogP contribution in [0.15, 0.2) is 84.9 Å². The van der Waals surface area contributed by atoms with Crippen molar-refractivity contribution in [3.8, 4) is 17.2 Å². The molecule has 1 aliphatic rings. The van der Waals surface area contributed by atoms with Crippen LogP contribution in [0.5, 0.6) is 17.2 Å². The number of methoxy groups -OCH3 is 2. The van der Waals surface area contributed by atoms with Gasteiger partial charge in [-0.05, 0) is 59.0 Å². The molecule has 38 heavy (non-hydrogen) atoms. The molecule has 4 aromatic carbocycles. The predicted octanol–water partition coefficient (Wildman–Crippen LogP) is 6.46. The minimum atomic E-state index is -0.795. The van der Waals surface area contributed by atoms with Crippen molar-refractivity contribution in [1.82, 2.24) is 4.90 Å². The Bertz CT molecular complexity index is 1370. The van der Waals surface area contributed by atoms with Gasteiger partial charge in [-0.15, -0.1) is 0 Å². The maximum atomic E-state index is 12.4. The van der Waals surface area contributed by atoms with E-state index in [0.717, 1.165) is 40.3 Å². The molecule has 0 saturated carbocycles. The zero-order valence-corrected chi connectivity index (χ0v) is 21.8. The Balaban J connectivity index is 1.64. The topological polar surface area (TPSA) is 68.2 Å². The first-order chi connectivity index (χ1) is 18.6. The van der Waals surface area contributed by atoms with Gasteiger partial charge in [-0.2, -0.15) is 0 Å². The van der Waals surface area contributed by atoms with Gasteiger partial charge in [-0.1, -0.05) is 79.2 Å². The lowest BCUT2D eigenvalue weighted by Crippen LogP contribution is -2.46. The molecule has 196 valence electrons. The normalized spacial score (nSPS) is 16.6. The van der Waals surface area contributed by atoms with Crippen molar-refractivity contribution in [3.05, 3.63) is 102 Å². The molecule has 0 amide bonds. The first-order valence-corrected chi connectivity index (χ1v) is 13.0. The van der Waals surface area contributed by atoms with Crippen molar-refractivity contribution in [2.24, 2.45) is 0 Å². The lowest BCUT2D eigenvalue weighted by molar-refractivity contribution is -0.145. The van der Waals surface area contributed by atoms with Crippen LogP contribution in [0.3, 0.4) is 0 Å². The van der Waals surface area contributed by atoms with Gasteiger partial charge in [0.05, 0.1) is 20.3 Å². The molecule has 4 aromatic rings. The minimum absolute atomic E-state index is 0.312. The van der Waals surface area contributed by atoms with Crippen LogP contribution in [-0.4, -0.2) is 42.8 Å². The van der Waals surface area contributed by atoms with E-state index in [-0.39, 0.29) is 6.04 Å². The molecule has 0 aromatic heterocycles. The van der Waals surface area contributed by atoms with Gasteiger partial charge in [0, 0.05) is 0 Å². The highest BCUT2D eigenvalue weighted by Gasteiger charge is 2.36. The fourth-order valence-corrected chi connectivity index (χ4v) is 5.50. The third kappa shape index (κ3) is 5.18. The number of carbonyl (C=O) groups is 1. The summed E-state index contributed by atoms with van der Waals surface area (Å²) < 4.78 is 17.8. The number of rotatable bonds is 9. The SMILES string of the molecule is COc1cc(C(c2cccc3ccccc23)N2CCCCC2C(=O)O)cc(OC)c1OCc1ccccc1. The molecule has 0 spiro atoms. The van der Waals surface area contributed by atoms with E-state index in [1.165, 1.54) is 0 Å². The van der Waals surface area contributed by atoms with Crippen molar-refractivity contribution < 1.29 is 24.1 Å². The largest absolute Gasteiger partial charge is 0.493 e. The summed E-state index contributed by atoms with van der Waals surface area (Å²) in [6, 6.07) is 27.4. The van der Waals surface area contributed by atoms with Gasteiger partial charge in [0.2, 0.25) is 5.75 Å². The number of carboxylic acids is 1. The number of hydrogen-bond acceptors (Lipinski definition) is 5. The highest BCUT2D eigenvalue weighted by atomic mass is 16.5. The Morgan fingerprint density at radius 3 is 2.32 bits per heavy atom. The summed E-state index contributed by atoms with van der Waals surface area (Å²) in [6.45, 7) is 1.05. The highest BCUT2D eigenvalue weighted by molar-refractivity contribution is 5.86. The van der Waals surface area contributed by atoms with Crippen molar-refractivity contribution in [3.63, 3.8) is 0 Å². The molecule has 1 N–H and O–H groups in total. The Hall–Kier alpha value is -4.03. The second-order valence-corrected chi connectivity index (χ2v) is 9.59. The number of aliphatic carboxylic acids is 1. The smallest absolute Gasteiger partial charge is 0.320 e. The van der Waals surface area contributed by atoms with Crippen molar-refractivity contribution in [2.45, 2.75) is 38.0 Å². The zero-order chi connectivity index (χ0) is 26.5. The highest BCUT2D eigenvalue weighted by Crippen LogP contribution is 2.45. The van der Waals surface area contributed by atoms with Crippen molar-refractivity contribution in [2.75, 3.05) is 20.8 Å². The van der Waals surface area contributed by atoms with Gasteiger partial charge < -0.3 is 19.3 Å². The van der Waals surface area contributed by atoms with E-state index in [4.69, 9.17) is 14.2 Å². The third-order valence-electron chi connectivity index (χ3n) is 7.30. The minimum Gasteiger partial charge on any atom is -0.493 e. The molecular weight excluding hydrogens is 478 g/mol. The fraction of sp³-hybridized carbons (Fsp3) is 0.281. The summed E-state index contributed by atoms with van der Waals surface area (Å²) in [5, 5.41) is 12.4. The molecule has 1 fully saturated rings. The molecule has 2 atom stereocenters. The van der Waals surface area contributed by atoms with Gasteiger partial charge in [0.25, 0.3) is 0 Å². The first kappa shape index (κ1) is 25.6. The summed E-state index contributed by atoms with van der Waals surface area (Å²) in [5.41, 5.74) is 2.99. The molecule has 2 unspecified atom stereocenters. The van der Waals surface area contributed by atoms with Gasteiger partial charge in [0.15, 0.2) is 11.5 Å². The van der Waals surface area contributed by atoms with E-state index in [0.29, 0.717) is 36.8 Å². The molecule has 0 bridgehead atoms. The Morgan fingerprint density at radius 1 is 0.921 bits per heavy atom. The van der Waals surface area contributed by atoms with E-state index in [1.807, 2.05) is 60.7 Å². The average molecular weight is 512 g/mol. The quantitative estimate of drug-likeness (QED) is 0.278. The van der Waals surface area contributed by atoms with Crippen LogP contribution in [-0.2, 0) is 11.4 Å². The number of nitrogens with zero attached hydrogens (tertiary/aromatic N) is 1. The van der Waals surface area contributed by atoms with Crippen molar-refractivity contribution >= 4 is 16.7 Å². The summed E-state index contributed by atoms with van der Waals surface area (Å²) in [6.07, 6.45) is 2.45. The van der Waals surface area contributed by atoms with Crippen LogP contribution >= 0.6 is 0 Å². The summed E-state index contributed by atoms with van der Waals surface area (Å²) in [7, 11) is 3.23. The van der Waals surface area contributed by atoms with Gasteiger partial charge >= 0.3 is 5.97 Å². The van der Waals surface area contributed by atoms with E-state index in [2.05, 4.69) is 29.2 Å². The molecule has 6 heteroatoms. The average Bonchev–Trinajstić information content (AvgIpc) is 2.97. The molecule has 1 saturated heterocycles. The van der Waals surface area contributed by atoms with E-state index >= 15 is 0 Å². The summed E-state index contributed by atoms with van der Waals surface area (Å²) >= 11 is 0. The lowest BCUT2D eigenvalue weighted by Gasteiger charge is -2.40.